The zero-order valence-corrected chi connectivity index (χ0v) is 14.7. The molecule has 24 heavy (non-hydrogen) atoms. The molecule has 3 aromatic rings. The summed E-state index contributed by atoms with van der Waals surface area (Å²) in [7, 11) is 3.19. The highest BCUT2D eigenvalue weighted by molar-refractivity contribution is 7.98. The third-order valence-corrected chi connectivity index (χ3v) is 4.38. The minimum absolute atomic E-state index is 0.417. The summed E-state index contributed by atoms with van der Waals surface area (Å²) in [6, 6.07) is 13.1. The zero-order chi connectivity index (χ0) is 16.9. The van der Waals surface area contributed by atoms with Crippen LogP contribution in [-0.4, -0.2) is 24.4 Å². The van der Waals surface area contributed by atoms with Crippen LogP contribution < -0.4 is 9.47 Å². The summed E-state index contributed by atoms with van der Waals surface area (Å²) < 4.78 is 16.2. The number of aromatic nitrogens is 2. The summed E-state index contributed by atoms with van der Waals surface area (Å²) in [5.41, 5.74) is 1.84. The normalized spacial score (nSPS) is 10.6. The van der Waals surface area contributed by atoms with Gasteiger partial charge in [0.15, 0.2) is 0 Å². The summed E-state index contributed by atoms with van der Waals surface area (Å²) in [5, 5.41) is 9.37. The van der Waals surface area contributed by atoms with Gasteiger partial charge in [0.1, 0.15) is 11.5 Å². The van der Waals surface area contributed by atoms with Crippen molar-refractivity contribution in [2.24, 2.45) is 0 Å². The Labute approximate surface area is 148 Å². The molecule has 7 heteroatoms. The fourth-order valence-corrected chi connectivity index (χ4v) is 3.01. The second kappa shape index (κ2) is 7.59. The topological polar surface area (TPSA) is 57.4 Å². The lowest BCUT2D eigenvalue weighted by Gasteiger charge is -2.05. The summed E-state index contributed by atoms with van der Waals surface area (Å²) in [6.45, 7) is 0. The Morgan fingerprint density at radius 3 is 2.46 bits per heavy atom. The smallest absolute Gasteiger partial charge is 0.277 e. The fourth-order valence-electron chi connectivity index (χ4n) is 2.09. The molecule has 0 atom stereocenters. The van der Waals surface area contributed by atoms with Crippen molar-refractivity contribution in [3.8, 4) is 23.0 Å². The molecule has 0 spiro atoms. The SMILES string of the molecule is COc1cc(OC)cc(-c2nnc(SCc3cccc(Cl)c3)o2)c1. The molecule has 0 saturated heterocycles. The van der Waals surface area contributed by atoms with Gasteiger partial charge in [0.05, 0.1) is 14.2 Å². The van der Waals surface area contributed by atoms with Crippen LogP contribution in [0.3, 0.4) is 0 Å². The molecule has 0 fully saturated rings. The van der Waals surface area contributed by atoms with Gasteiger partial charge in [0.25, 0.3) is 5.22 Å². The van der Waals surface area contributed by atoms with E-state index in [9.17, 15) is 0 Å². The van der Waals surface area contributed by atoms with Crippen LogP contribution in [0, 0.1) is 0 Å². The molecule has 0 N–H and O–H groups in total. The van der Waals surface area contributed by atoms with Gasteiger partial charge in [-0.1, -0.05) is 35.5 Å². The van der Waals surface area contributed by atoms with Gasteiger partial charge in [-0.25, -0.2) is 0 Å². The number of hydrogen-bond acceptors (Lipinski definition) is 6. The lowest BCUT2D eigenvalue weighted by atomic mass is 10.2. The van der Waals surface area contributed by atoms with E-state index in [0.29, 0.717) is 33.4 Å². The molecular weight excluding hydrogens is 348 g/mol. The number of hydrogen-bond donors (Lipinski definition) is 0. The van der Waals surface area contributed by atoms with Gasteiger partial charge < -0.3 is 13.9 Å². The van der Waals surface area contributed by atoms with Gasteiger partial charge in [0.2, 0.25) is 5.89 Å². The molecule has 1 aromatic heterocycles. The molecule has 0 bridgehead atoms. The highest BCUT2D eigenvalue weighted by atomic mass is 35.5. The number of halogens is 1. The summed E-state index contributed by atoms with van der Waals surface area (Å²) in [5.74, 6) is 2.44. The van der Waals surface area contributed by atoms with E-state index in [1.807, 2.05) is 36.4 Å². The Bertz CT molecular complexity index is 816. The van der Waals surface area contributed by atoms with E-state index in [4.69, 9.17) is 25.5 Å². The highest BCUT2D eigenvalue weighted by Crippen LogP contribution is 2.31. The molecule has 0 amide bonds. The third-order valence-electron chi connectivity index (χ3n) is 3.26. The van der Waals surface area contributed by atoms with Crippen molar-refractivity contribution < 1.29 is 13.9 Å². The van der Waals surface area contributed by atoms with Crippen LogP contribution in [0.15, 0.2) is 52.1 Å². The average molecular weight is 363 g/mol. The van der Waals surface area contributed by atoms with E-state index >= 15 is 0 Å². The van der Waals surface area contributed by atoms with E-state index in [1.165, 1.54) is 11.8 Å². The van der Waals surface area contributed by atoms with Gasteiger partial charge in [-0.05, 0) is 29.8 Å². The van der Waals surface area contributed by atoms with Crippen molar-refractivity contribution >= 4 is 23.4 Å². The molecule has 5 nitrogen and oxygen atoms in total. The number of methoxy groups -OCH3 is 2. The summed E-state index contributed by atoms with van der Waals surface area (Å²) >= 11 is 7.44. The minimum Gasteiger partial charge on any atom is -0.497 e. The minimum atomic E-state index is 0.417. The molecule has 0 aliphatic carbocycles. The first kappa shape index (κ1) is 16.7. The number of nitrogens with zero attached hydrogens (tertiary/aromatic N) is 2. The number of thioether (sulfide) groups is 1. The fraction of sp³-hybridized carbons (Fsp3) is 0.176. The Kier molecular flexibility index (Phi) is 5.27. The Morgan fingerprint density at radius 1 is 1.04 bits per heavy atom. The number of benzene rings is 2. The highest BCUT2D eigenvalue weighted by Gasteiger charge is 2.12. The Balaban J connectivity index is 1.75. The Hall–Kier alpha value is -2.18. The largest absolute Gasteiger partial charge is 0.497 e. The molecule has 0 unspecified atom stereocenters. The first-order valence-electron chi connectivity index (χ1n) is 7.12. The van der Waals surface area contributed by atoms with E-state index in [1.54, 1.807) is 20.3 Å². The second-order valence-electron chi connectivity index (χ2n) is 4.89. The third kappa shape index (κ3) is 4.01. The number of ether oxygens (including phenoxy) is 2. The molecule has 0 aliphatic rings. The van der Waals surface area contributed by atoms with Gasteiger partial charge in [0, 0.05) is 22.4 Å². The van der Waals surface area contributed by atoms with Crippen LogP contribution in [0.4, 0.5) is 0 Å². The molecule has 3 rings (SSSR count). The van der Waals surface area contributed by atoms with Gasteiger partial charge in [-0.3, -0.25) is 0 Å². The monoisotopic (exact) mass is 362 g/mol. The molecule has 0 radical (unpaired) electrons. The maximum Gasteiger partial charge on any atom is 0.277 e. The number of rotatable bonds is 6. The average Bonchev–Trinajstić information content (AvgIpc) is 3.08. The lowest BCUT2D eigenvalue weighted by Crippen LogP contribution is -1.88. The van der Waals surface area contributed by atoms with Gasteiger partial charge in [-0.2, -0.15) is 0 Å². The molecule has 0 saturated carbocycles. The lowest BCUT2D eigenvalue weighted by molar-refractivity contribution is 0.394. The van der Waals surface area contributed by atoms with E-state index < -0.39 is 0 Å². The molecular formula is C17H15ClN2O3S. The van der Waals surface area contributed by atoms with Crippen LogP contribution in [0.25, 0.3) is 11.5 Å². The molecule has 1 heterocycles. The predicted octanol–water partition coefficient (Wildman–Crippen LogP) is 4.70. The maximum absolute atomic E-state index is 5.98. The first-order chi connectivity index (χ1) is 11.7. The first-order valence-corrected chi connectivity index (χ1v) is 8.48. The zero-order valence-electron chi connectivity index (χ0n) is 13.2. The van der Waals surface area contributed by atoms with Crippen LogP contribution in [0.1, 0.15) is 5.56 Å². The summed E-state index contributed by atoms with van der Waals surface area (Å²) in [4.78, 5) is 0. The predicted molar refractivity (Wildman–Crippen MR) is 93.9 cm³/mol. The summed E-state index contributed by atoms with van der Waals surface area (Å²) in [6.07, 6.45) is 0. The van der Waals surface area contributed by atoms with Gasteiger partial charge in [-0.15, -0.1) is 10.2 Å². The second-order valence-corrected chi connectivity index (χ2v) is 6.26. The van der Waals surface area contributed by atoms with E-state index in [0.717, 1.165) is 11.1 Å². The van der Waals surface area contributed by atoms with E-state index in [-0.39, 0.29) is 0 Å². The van der Waals surface area contributed by atoms with Crippen molar-refractivity contribution in [3.63, 3.8) is 0 Å². The molecule has 2 aromatic carbocycles. The van der Waals surface area contributed by atoms with E-state index in [2.05, 4.69) is 10.2 Å². The maximum atomic E-state index is 5.98. The van der Waals surface area contributed by atoms with Crippen LogP contribution in [0.2, 0.25) is 5.02 Å². The van der Waals surface area contributed by atoms with Crippen molar-refractivity contribution in [1.82, 2.24) is 10.2 Å². The Morgan fingerprint density at radius 2 is 1.79 bits per heavy atom. The van der Waals surface area contributed by atoms with Crippen LogP contribution in [-0.2, 0) is 5.75 Å². The standard InChI is InChI=1S/C17H15ClN2O3S/c1-21-14-7-12(8-15(9-14)22-2)16-19-20-17(23-16)24-10-11-4-3-5-13(18)6-11/h3-9H,10H2,1-2H3. The van der Waals surface area contributed by atoms with Crippen molar-refractivity contribution in [3.05, 3.63) is 53.1 Å². The molecule has 124 valence electrons. The van der Waals surface area contributed by atoms with Crippen molar-refractivity contribution in [2.45, 2.75) is 11.0 Å². The van der Waals surface area contributed by atoms with Gasteiger partial charge >= 0.3 is 0 Å². The quantitative estimate of drug-likeness (QED) is 0.592. The van der Waals surface area contributed by atoms with Crippen LogP contribution in [0.5, 0.6) is 11.5 Å². The van der Waals surface area contributed by atoms with Crippen LogP contribution >= 0.6 is 23.4 Å². The van der Waals surface area contributed by atoms with Crippen molar-refractivity contribution in [2.75, 3.05) is 14.2 Å². The molecule has 0 aliphatic heterocycles. The van der Waals surface area contributed by atoms with Crippen molar-refractivity contribution in [1.29, 1.82) is 0 Å².